The van der Waals surface area contributed by atoms with Crippen molar-refractivity contribution in [3.8, 4) is 0 Å². The summed E-state index contributed by atoms with van der Waals surface area (Å²) in [6, 6.07) is 6.30. The second-order valence-electron chi connectivity index (χ2n) is 5.77. The standard InChI is InChI=1S/C17H19FN2OS/c1-11-20-15(10-22-11)8-9-19-17(21)16(12-2-3-12)13-4-6-14(18)7-5-13/h4-7,10,12,16H,2-3,8-9H2,1H3,(H,19,21). The Bertz CT molecular complexity index is 649. The number of amides is 1. The quantitative estimate of drug-likeness (QED) is 0.886. The molecule has 22 heavy (non-hydrogen) atoms. The van der Waals surface area contributed by atoms with Gasteiger partial charge in [0.15, 0.2) is 0 Å². The van der Waals surface area contributed by atoms with Crippen LogP contribution in [-0.2, 0) is 11.2 Å². The smallest absolute Gasteiger partial charge is 0.227 e. The number of aryl methyl sites for hydroxylation is 1. The third-order valence-electron chi connectivity index (χ3n) is 3.95. The van der Waals surface area contributed by atoms with Crippen molar-refractivity contribution in [3.05, 3.63) is 51.7 Å². The van der Waals surface area contributed by atoms with Crippen LogP contribution in [0.25, 0.3) is 0 Å². The lowest BCUT2D eigenvalue weighted by Gasteiger charge is -2.16. The molecule has 0 bridgehead atoms. The summed E-state index contributed by atoms with van der Waals surface area (Å²) < 4.78 is 13.1. The molecule has 5 heteroatoms. The fourth-order valence-electron chi connectivity index (χ4n) is 2.68. The molecule has 2 aromatic rings. The Hall–Kier alpha value is -1.75. The van der Waals surface area contributed by atoms with Gasteiger partial charge in [0.05, 0.1) is 16.6 Å². The zero-order valence-electron chi connectivity index (χ0n) is 12.5. The average Bonchev–Trinajstić information content (AvgIpc) is 3.24. The maximum absolute atomic E-state index is 13.1. The van der Waals surface area contributed by atoms with Crippen molar-refractivity contribution >= 4 is 17.2 Å². The van der Waals surface area contributed by atoms with Crippen LogP contribution in [0.2, 0.25) is 0 Å². The Kier molecular flexibility index (Phi) is 4.52. The van der Waals surface area contributed by atoms with Crippen LogP contribution < -0.4 is 5.32 Å². The van der Waals surface area contributed by atoms with Crippen LogP contribution >= 0.6 is 11.3 Å². The van der Waals surface area contributed by atoms with Gasteiger partial charge >= 0.3 is 0 Å². The van der Waals surface area contributed by atoms with Gasteiger partial charge in [0.25, 0.3) is 0 Å². The largest absolute Gasteiger partial charge is 0.355 e. The molecule has 3 rings (SSSR count). The number of carbonyl (C=O) groups excluding carboxylic acids is 1. The number of nitrogens with zero attached hydrogens (tertiary/aromatic N) is 1. The molecule has 1 atom stereocenters. The Labute approximate surface area is 133 Å². The highest BCUT2D eigenvalue weighted by Gasteiger charge is 2.37. The minimum Gasteiger partial charge on any atom is -0.355 e. The van der Waals surface area contributed by atoms with Gasteiger partial charge in [-0.3, -0.25) is 4.79 Å². The number of halogens is 1. The second-order valence-corrected chi connectivity index (χ2v) is 6.83. The molecule has 1 heterocycles. The Morgan fingerprint density at radius 1 is 1.41 bits per heavy atom. The van der Waals surface area contributed by atoms with Gasteiger partial charge in [-0.1, -0.05) is 12.1 Å². The number of thiazole rings is 1. The molecule has 0 radical (unpaired) electrons. The van der Waals surface area contributed by atoms with E-state index in [0.717, 1.165) is 35.5 Å². The predicted molar refractivity (Wildman–Crippen MR) is 85.4 cm³/mol. The molecule has 1 saturated carbocycles. The van der Waals surface area contributed by atoms with Gasteiger partial charge in [-0.15, -0.1) is 11.3 Å². The van der Waals surface area contributed by atoms with Crippen molar-refractivity contribution in [2.24, 2.45) is 5.92 Å². The predicted octanol–water partition coefficient (Wildman–Crippen LogP) is 3.44. The molecule has 1 N–H and O–H groups in total. The summed E-state index contributed by atoms with van der Waals surface area (Å²) in [5.41, 5.74) is 1.93. The van der Waals surface area contributed by atoms with Crippen molar-refractivity contribution in [2.75, 3.05) is 6.54 Å². The molecule has 1 fully saturated rings. The SMILES string of the molecule is Cc1nc(CCNC(=O)C(c2ccc(F)cc2)C2CC2)cs1. The molecule has 0 saturated heterocycles. The molecule has 116 valence electrons. The van der Waals surface area contributed by atoms with Crippen LogP contribution in [0, 0.1) is 18.7 Å². The van der Waals surface area contributed by atoms with Crippen LogP contribution in [0.5, 0.6) is 0 Å². The van der Waals surface area contributed by atoms with Crippen molar-refractivity contribution < 1.29 is 9.18 Å². The lowest BCUT2D eigenvalue weighted by molar-refractivity contribution is -0.123. The van der Waals surface area contributed by atoms with E-state index in [1.165, 1.54) is 12.1 Å². The van der Waals surface area contributed by atoms with E-state index in [-0.39, 0.29) is 17.6 Å². The summed E-state index contributed by atoms with van der Waals surface area (Å²) in [6.07, 6.45) is 2.89. The summed E-state index contributed by atoms with van der Waals surface area (Å²) >= 11 is 1.62. The van der Waals surface area contributed by atoms with E-state index in [9.17, 15) is 9.18 Å². The summed E-state index contributed by atoms with van der Waals surface area (Å²) in [7, 11) is 0. The number of hydrogen-bond acceptors (Lipinski definition) is 3. The van der Waals surface area contributed by atoms with Crippen LogP contribution in [0.1, 0.15) is 35.0 Å². The second kappa shape index (κ2) is 6.57. The number of carbonyl (C=O) groups is 1. The fraction of sp³-hybridized carbons (Fsp3) is 0.412. The maximum Gasteiger partial charge on any atom is 0.227 e. The van der Waals surface area contributed by atoms with Gasteiger partial charge < -0.3 is 5.32 Å². The van der Waals surface area contributed by atoms with Crippen LogP contribution in [0.3, 0.4) is 0 Å². The Balaban J connectivity index is 1.59. The highest BCUT2D eigenvalue weighted by atomic mass is 32.1. The van der Waals surface area contributed by atoms with Gasteiger partial charge in [0.1, 0.15) is 5.82 Å². The molecule has 1 amide bonds. The Morgan fingerprint density at radius 3 is 2.73 bits per heavy atom. The van der Waals surface area contributed by atoms with Crippen molar-refractivity contribution in [1.29, 1.82) is 0 Å². The van der Waals surface area contributed by atoms with Crippen LogP contribution in [0.15, 0.2) is 29.6 Å². The number of aromatic nitrogens is 1. The molecule has 1 unspecified atom stereocenters. The zero-order valence-corrected chi connectivity index (χ0v) is 13.3. The summed E-state index contributed by atoms with van der Waals surface area (Å²) in [5.74, 6) is 0.0171. The van der Waals surface area contributed by atoms with E-state index >= 15 is 0 Å². The first-order valence-corrected chi connectivity index (χ1v) is 8.45. The van der Waals surface area contributed by atoms with Crippen molar-refractivity contribution in [3.63, 3.8) is 0 Å². The van der Waals surface area contributed by atoms with Gasteiger partial charge in [0.2, 0.25) is 5.91 Å². The number of hydrogen-bond donors (Lipinski definition) is 1. The normalized spacial score (nSPS) is 15.5. The van der Waals surface area contributed by atoms with Gasteiger partial charge in [0, 0.05) is 18.3 Å². The van der Waals surface area contributed by atoms with Gasteiger partial charge in [-0.05, 0) is 43.4 Å². The first-order chi connectivity index (χ1) is 10.6. The average molecular weight is 318 g/mol. The third-order valence-corrected chi connectivity index (χ3v) is 4.77. The number of nitrogens with one attached hydrogen (secondary N) is 1. The van der Waals surface area contributed by atoms with Crippen molar-refractivity contribution in [1.82, 2.24) is 10.3 Å². The zero-order chi connectivity index (χ0) is 15.5. The Morgan fingerprint density at radius 2 is 2.14 bits per heavy atom. The first-order valence-electron chi connectivity index (χ1n) is 7.57. The van der Waals surface area contributed by atoms with Crippen molar-refractivity contribution in [2.45, 2.75) is 32.1 Å². The molecule has 1 aromatic carbocycles. The van der Waals surface area contributed by atoms with E-state index in [1.807, 2.05) is 12.3 Å². The topological polar surface area (TPSA) is 42.0 Å². The fourth-order valence-corrected chi connectivity index (χ4v) is 3.33. The van der Waals surface area contributed by atoms with E-state index in [0.29, 0.717) is 12.5 Å². The van der Waals surface area contributed by atoms with E-state index in [2.05, 4.69) is 10.3 Å². The molecule has 0 aliphatic heterocycles. The molecular formula is C17H19FN2OS. The first kappa shape index (κ1) is 15.2. The summed E-state index contributed by atoms with van der Waals surface area (Å²) in [5, 5.41) is 6.08. The molecule has 1 aliphatic rings. The third kappa shape index (κ3) is 3.71. The van der Waals surface area contributed by atoms with Crippen LogP contribution in [-0.4, -0.2) is 17.4 Å². The molecule has 1 aromatic heterocycles. The lowest BCUT2D eigenvalue weighted by Crippen LogP contribution is -2.32. The molecule has 1 aliphatic carbocycles. The maximum atomic E-state index is 13.1. The number of rotatable bonds is 6. The van der Waals surface area contributed by atoms with Gasteiger partial charge in [-0.25, -0.2) is 9.37 Å². The van der Waals surface area contributed by atoms with E-state index < -0.39 is 0 Å². The minimum absolute atomic E-state index is 0.0426. The highest BCUT2D eigenvalue weighted by Crippen LogP contribution is 2.42. The monoisotopic (exact) mass is 318 g/mol. The van der Waals surface area contributed by atoms with E-state index in [1.54, 1.807) is 23.5 Å². The summed E-state index contributed by atoms with van der Waals surface area (Å²) in [4.78, 5) is 16.9. The molecular weight excluding hydrogens is 299 g/mol. The molecule has 0 spiro atoms. The summed E-state index contributed by atoms with van der Waals surface area (Å²) in [6.45, 7) is 2.57. The lowest BCUT2D eigenvalue weighted by atomic mass is 9.93. The van der Waals surface area contributed by atoms with Gasteiger partial charge in [-0.2, -0.15) is 0 Å². The molecule has 3 nitrogen and oxygen atoms in total. The van der Waals surface area contributed by atoms with Crippen LogP contribution in [0.4, 0.5) is 4.39 Å². The minimum atomic E-state index is -0.266. The highest BCUT2D eigenvalue weighted by molar-refractivity contribution is 7.09. The van der Waals surface area contributed by atoms with E-state index in [4.69, 9.17) is 0 Å². The number of benzene rings is 1.